The second-order valence-electron chi connectivity index (χ2n) is 12.2. The van der Waals surface area contributed by atoms with E-state index in [1.165, 1.54) is 12.0 Å². The highest BCUT2D eigenvalue weighted by molar-refractivity contribution is 7.09. The maximum Gasteiger partial charge on any atom is 0.319 e. The van der Waals surface area contributed by atoms with E-state index < -0.39 is 0 Å². The van der Waals surface area contributed by atoms with E-state index in [1.807, 2.05) is 48.8 Å². The topological polar surface area (TPSA) is 104 Å². The van der Waals surface area contributed by atoms with Gasteiger partial charge in [0.25, 0.3) is 0 Å². The monoisotopic (exact) mass is 617 g/mol. The van der Waals surface area contributed by atoms with Gasteiger partial charge in [-0.3, -0.25) is 4.90 Å². The van der Waals surface area contributed by atoms with E-state index in [2.05, 4.69) is 40.9 Å². The number of thiazole rings is 1. The van der Waals surface area contributed by atoms with Crippen LogP contribution in [0.25, 0.3) is 11.4 Å². The Morgan fingerprint density at radius 1 is 1.09 bits per heavy atom. The number of benzene rings is 2. The van der Waals surface area contributed by atoms with Gasteiger partial charge in [-0.25, -0.2) is 18.9 Å². The molecule has 44 heavy (non-hydrogen) atoms. The van der Waals surface area contributed by atoms with Gasteiger partial charge in [0, 0.05) is 68.0 Å². The van der Waals surface area contributed by atoms with E-state index in [0.717, 1.165) is 74.7 Å². The molecule has 4 aromatic rings. The summed E-state index contributed by atoms with van der Waals surface area (Å²) in [5.41, 5.74) is 3.75. The van der Waals surface area contributed by atoms with Crippen molar-refractivity contribution in [2.24, 2.45) is 18.9 Å². The van der Waals surface area contributed by atoms with Crippen LogP contribution >= 0.6 is 11.3 Å². The molecule has 2 amide bonds. The summed E-state index contributed by atoms with van der Waals surface area (Å²) < 4.78 is 15.1. The van der Waals surface area contributed by atoms with E-state index in [-0.39, 0.29) is 23.8 Å². The third-order valence-corrected chi connectivity index (χ3v) is 9.49. The quantitative estimate of drug-likeness (QED) is 0.280. The molecular formula is C32H40FN9OS. The van der Waals surface area contributed by atoms with Gasteiger partial charge in [-0.05, 0) is 97.0 Å². The van der Waals surface area contributed by atoms with Gasteiger partial charge in [-0.1, -0.05) is 12.1 Å². The standard InChI is InChI=1S/C32H40FN9OS/c1-22-14-25(31-37-38-39-40(31)2)17-28(15-22)35-32(43)36-29-9-12-42(21-30-34-10-13-44-30)20-26(29)19-41-11-3-4-24(18-41)16-23-5-7-27(33)8-6-23/h5-8,10,13-15,17,24,26,29H,3-4,9,11-12,16,18-21H2,1-2H3,(H2,35,36,43)/t24?,26-,29-/m1/s1. The number of nitrogens with zero attached hydrogens (tertiary/aromatic N) is 7. The number of hydrogen-bond acceptors (Lipinski definition) is 8. The Bertz CT molecular complexity index is 1530. The minimum atomic E-state index is -0.200. The number of aromatic nitrogens is 5. The van der Waals surface area contributed by atoms with Crippen molar-refractivity contribution in [1.29, 1.82) is 0 Å². The molecule has 6 rings (SSSR count). The third kappa shape index (κ3) is 7.85. The number of carbonyl (C=O) groups is 1. The summed E-state index contributed by atoms with van der Waals surface area (Å²) in [6, 6.07) is 12.6. The van der Waals surface area contributed by atoms with Crippen molar-refractivity contribution in [3.8, 4) is 11.4 Å². The Labute approximate surface area is 261 Å². The van der Waals surface area contributed by atoms with Crippen LogP contribution in [0.15, 0.2) is 54.0 Å². The van der Waals surface area contributed by atoms with Crippen LogP contribution in [0, 0.1) is 24.6 Å². The normalized spacial score (nSPS) is 21.3. The van der Waals surface area contributed by atoms with Crippen molar-refractivity contribution in [2.45, 2.75) is 45.2 Å². The maximum absolute atomic E-state index is 13.4. The lowest BCUT2D eigenvalue weighted by atomic mass is 9.88. The number of urea groups is 1. The molecule has 1 unspecified atom stereocenters. The fraction of sp³-hybridized carbons (Fsp3) is 0.469. The zero-order valence-corrected chi connectivity index (χ0v) is 26.1. The molecule has 2 saturated heterocycles. The molecule has 4 heterocycles. The van der Waals surface area contributed by atoms with E-state index in [1.54, 1.807) is 35.2 Å². The van der Waals surface area contributed by atoms with Crippen molar-refractivity contribution < 1.29 is 9.18 Å². The Balaban J connectivity index is 1.12. The molecule has 2 aliphatic heterocycles. The first-order valence-electron chi connectivity index (χ1n) is 15.4. The first-order chi connectivity index (χ1) is 21.4. The number of amides is 2. The summed E-state index contributed by atoms with van der Waals surface area (Å²) in [6.07, 6.45) is 6.03. The van der Waals surface area contributed by atoms with Gasteiger partial charge in [0.15, 0.2) is 5.82 Å². The van der Waals surface area contributed by atoms with E-state index in [9.17, 15) is 9.18 Å². The van der Waals surface area contributed by atoms with Gasteiger partial charge in [0.05, 0.1) is 6.54 Å². The van der Waals surface area contributed by atoms with Crippen LogP contribution in [0.4, 0.5) is 14.9 Å². The molecule has 2 aromatic heterocycles. The number of aryl methyl sites for hydroxylation is 2. The van der Waals surface area contributed by atoms with Gasteiger partial charge in [0.1, 0.15) is 10.8 Å². The highest BCUT2D eigenvalue weighted by Gasteiger charge is 2.33. The summed E-state index contributed by atoms with van der Waals surface area (Å²) in [6.45, 7) is 7.63. The molecule has 3 atom stereocenters. The van der Waals surface area contributed by atoms with Gasteiger partial charge in [-0.15, -0.1) is 16.4 Å². The Morgan fingerprint density at radius 2 is 1.95 bits per heavy atom. The Morgan fingerprint density at radius 3 is 2.73 bits per heavy atom. The number of tetrazole rings is 1. The molecule has 10 nitrogen and oxygen atoms in total. The van der Waals surface area contributed by atoms with Crippen LogP contribution in [0.1, 0.15) is 35.4 Å². The number of rotatable bonds is 9. The van der Waals surface area contributed by atoms with Crippen LogP contribution in [0.3, 0.4) is 0 Å². The lowest BCUT2D eigenvalue weighted by molar-refractivity contribution is 0.0818. The Kier molecular flexibility index (Phi) is 9.58. The highest BCUT2D eigenvalue weighted by atomic mass is 32.1. The minimum Gasteiger partial charge on any atom is -0.335 e. The average Bonchev–Trinajstić information content (AvgIpc) is 3.67. The van der Waals surface area contributed by atoms with Crippen LogP contribution in [0.2, 0.25) is 0 Å². The second kappa shape index (κ2) is 13.9. The number of nitrogens with one attached hydrogen (secondary N) is 2. The zero-order chi connectivity index (χ0) is 30.5. The molecule has 2 aromatic carbocycles. The molecule has 2 fully saturated rings. The molecule has 0 radical (unpaired) electrons. The van der Waals surface area contributed by atoms with Crippen LogP contribution in [0.5, 0.6) is 0 Å². The SMILES string of the molecule is Cc1cc(NC(=O)N[C@@H]2CCN(Cc3nccs3)C[C@H]2CN2CCCC(Cc3ccc(F)cc3)C2)cc(-c2nnnn2C)c1. The number of hydrogen-bond donors (Lipinski definition) is 2. The van der Waals surface area contributed by atoms with Crippen molar-refractivity contribution in [2.75, 3.05) is 38.0 Å². The van der Waals surface area contributed by atoms with Crippen molar-refractivity contribution in [3.05, 3.63) is 76.0 Å². The van der Waals surface area contributed by atoms with Gasteiger partial charge >= 0.3 is 6.03 Å². The van der Waals surface area contributed by atoms with Crippen LogP contribution in [-0.2, 0) is 20.0 Å². The maximum atomic E-state index is 13.4. The number of anilines is 1. The average molecular weight is 618 g/mol. The largest absolute Gasteiger partial charge is 0.335 e. The molecule has 0 spiro atoms. The minimum absolute atomic E-state index is 0.0484. The molecule has 2 aliphatic rings. The second-order valence-corrected chi connectivity index (χ2v) is 13.2. The number of carbonyl (C=O) groups excluding carboxylic acids is 1. The zero-order valence-electron chi connectivity index (χ0n) is 25.3. The smallest absolute Gasteiger partial charge is 0.319 e. The van der Waals surface area contributed by atoms with E-state index in [4.69, 9.17) is 0 Å². The van der Waals surface area contributed by atoms with Crippen LogP contribution in [-0.4, -0.2) is 79.8 Å². The first-order valence-corrected chi connectivity index (χ1v) is 16.3. The molecule has 12 heteroatoms. The Hall–Kier alpha value is -3.74. The van der Waals surface area contributed by atoms with Gasteiger partial charge in [0.2, 0.25) is 0 Å². The summed E-state index contributed by atoms with van der Waals surface area (Å²) in [7, 11) is 1.80. The number of likely N-dealkylation sites (tertiary alicyclic amines) is 2. The summed E-state index contributed by atoms with van der Waals surface area (Å²) in [5, 5.41) is 21.4. The fourth-order valence-electron chi connectivity index (χ4n) is 6.71. The molecular weight excluding hydrogens is 577 g/mol. The first kappa shape index (κ1) is 30.3. The predicted octanol–water partition coefficient (Wildman–Crippen LogP) is 4.75. The van der Waals surface area contributed by atoms with E-state index in [0.29, 0.717) is 17.4 Å². The van der Waals surface area contributed by atoms with Gasteiger partial charge < -0.3 is 15.5 Å². The lowest BCUT2D eigenvalue weighted by Gasteiger charge is -2.42. The summed E-state index contributed by atoms with van der Waals surface area (Å²) in [4.78, 5) is 22.9. The summed E-state index contributed by atoms with van der Waals surface area (Å²) >= 11 is 1.69. The summed E-state index contributed by atoms with van der Waals surface area (Å²) in [5.74, 6) is 1.27. The van der Waals surface area contributed by atoms with Crippen molar-refractivity contribution >= 4 is 23.1 Å². The van der Waals surface area contributed by atoms with E-state index >= 15 is 0 Å². The molecule has 2 N–H and O–H groups in total. The van der Waals surface area contributed by atoms with Crippen molar-refractivity contribution in [3.63, 3.8) is 0 Å². The lowest BCUT2D eigenvalue weighted by Crippen LogP contribution is -2.55. The van der Waals surface area contributed by atoms with Crippen molar-refractivity contribution in [1.82, 2.24) is 40.3 Å². The fourth-order valence-corrected chi connectivity index (χ4v) is 7.37. The molecule has 0 saturated carbocycles. The molecule has 0 bridgehead atoms. The number of halogens is 1. The predicted molar refractivity (Wildman–Crippen MR) is 170 cm³/mol. The van der Waals surface area contributed by atoms with Gasteiger partial charge in [-0.2, -0.15) is 0 Å². The highest BCUT2D eigenvalue weighted by Crippen LogP contribution is 2.27. The number of piperidine rings is 2. The third-order valence-electron chi connectivity index (χ3n) is 8.72. The molecule has 0 aliphatic carbocycles. The van der Waals surface area contributed by atoms with Crippen LogP contribution < -0.4 is 10.6 Å². The molecule has 232 valence electrons.